The third-order valence-electron chi connectivity index (χ3n) is 8.61. The summed E-state index contributed by atoms with van der Waals surface area (Å²) in [5, 5.41) is 10.8. The van der Waals surface area contributed by atoms with E-state index in [1.54, 1.807) is 6.07 Å². The first kappa shape index (κ1) is 28.2. The van der Waals surface area contributed by atoms with Gasteiger partial charge in [0.05, 0.1) is 22.3 Å². The molecule has 8 aromatic rings. The molecule has 4 heteroatoms. The van der Waals surface area contributed by atoms with Crippen molar-refractivity contribution in [3.8, 4) is 56.3 Å². The van der Waals surface area contributed by atoms with Gasteiger partial charge in [-0.05, 0) is 82.8 Å². The van der Waals surface area contributed by atoms with Crippen molar-refractivity contribution in [1.82, 2.24) is 14.5 Å². The lowest BCUT2D eigenvalue weighted by Crippen LogP contribution is -1.97. The number of aromatic hydroxyl groups is 1. The Morgan fingerprint density at radius 3 is 2.00 bits per heavy atom. The van der Waals surface area contributed by atoms with Crippen LogP contribution in [0.15, 0.2) is 170 Å². The number of pyridine rings is 1. The topological polar surface area (TPSA) is 50.9 Å². The molecule has 6 aromatic carbocycles. The van der Waals surface area contributed by atoms with Gasteiger partial charge in [-0.3, -0.25) is 9.55 Å². The number of benzene rings is 6. The van der Waals surface area contributed by atoms with E-state index in [1.165, 1.54) is 11.1 Å². The van der Waals surface area contributed by atoms with E-state index in [2.05, 4.69) is 126 Å². The normalized spacial score (nSPS) is 11.1. The zero-order valence-corrected chi connectivity index (χ0v) is 25.7. The number of imidazole rings is 1. The molecule has 1 N–H and O–H groups in total. The lowest BCUT2D eigenvalue weighted by atomic mass is 9.98. The standard InChI is InChI=1S/C43H31N3O/c47-41-20-8-7-17-38(41)43-45-42-37(18-10-19-40(42)46(43)36-15-5-2-6-16-36)34-13-9-14-35(28-34)39-29-33(25-26-44-39)32-23-21-31(22-24-32)27-30-11-3-1-4-12-30/h1-26,28-29,47H,27H2. The Balaban J connectivity index is 1.17. The number of aromatic nitrogens is 3. The van der Waals surface area contributed by atoms with Crippen molar-refractivity contribution in [2.75, 3.05) is 0 Å². The van der Waals surface area contributed by atoms with Crippen LogP contribution in [0.4, 0.5) is 0 Å². The van der Waals surface area contributed by atoms with Gasteiger partial charge >= 0.3 is 0 Å². The van der Waals surface area contributed by atoms with Crippen molar-refractivity contribution in [3.05, 3.63) is 181 Å². The smallest absolute Gasteiger partial charge is 0.149 e. The molecule has 2 heterocycles. The predicted octanol–water partition coefficient (Wildman–Crippen LogP) is 10.4. The summed E-state index contributed by atoms with van der Waals surface area (Å²) in [6.45, 7) is 0. The molecule has 4 nitrogen and oxygen atoms in total. The van der Waals surface area contributed by atoms with Crippen molar-refractivity contribution in [1.29, 1.82) is 0 Å². The van der Waals surface area contributed by atoms with Gasteiger partial charge in [0, 0.05) is 23.0 Å². The molecule has 0 saturated carbocycles. The van der Waals surface area contributed by atoms with Crippen LogP contribution in [0.1, 0.15) is 11.1 Å². The number of rotatable bonds is 7. The summed E-state index contributed by atoms with van der Waals surface area (Å²) in [7, 11) is 0. The van der Waals surface area contributed by atoms with Crippen LogP contribution in [0.3, 0.4) is 0 Å². The van der Waals surface area contributed by atoms with Gasteiger partial charge in [-0.2, -0.15) is 0 Å². The lowest BCUT2D eigenvalue weighted by molar-refractivity contribution is 0.477. The summed E-state index contributed by atoms with van der Waals surface area (Å²) in [6.07, 6.45) is 2.80. The fraction of sp³-hybridized carbons (Fsp3) is 0.0233. The molecule has 8 rings (SSSR count). The summed E-state index contributed by atoms with van der Waals surface area (Å²) in [6, 6.07) is 55.9. The third kappa shape index (κ3) is 5.58. The SMILES string of the molecule is Oc1ccccc1-c1nc2c(-c3cccc(-c4cc(-c5ccc(Cc6ccccc6)cc5)ccn4)c3)cccc2n1-c1ccccc1. The van der Waals surface area contributed by atoms with Crippen LogP contribution in [-0.2, 0) is 6.42 Å². The molecule has 0 saturated heterocycles. The monoisotopic (exact) mass is 605 g/mol. The largest absolute Gasteiger partial charge is 0.507 e. The van der Waals surface area contributed by atoms with Crippen molar-refractivity contribution in [2.24, 2.45) is 0 Å². The molecule has 0 radical (unpaired) electrons. The third-order valence-corrected chi connectivity index (χ3v) is 8.61. The lowest BCUT2D eigenvalue weighted by Gasteiger charge is -2.11. The second-order valence-corrected chi connectivity index (χ2v) is 11.7. The first-order valence-corrected chi connectivity index (χ1v) is 15.8. The van der Waals surface area contributed by atoms with Gasteiger partial charge in [0.25, 0.3) is 0 Å². The first-order chi connectivity index (χ1) is 23.2. The molecule has 0 atom stereocenters. The number of hydrogen-bond donors (Lipinski definition) is 1. The van der Waals surface area contributed by atoms with Crippen LogP contribution in [-0.4, -0.2) is 19.6 Å². The maximum atomic E-state index is 10.8. The van der Waals surface area contributed by atoms with Crippen LogP contribution < -0.4 is 0 Å². The van der Waals surface area contributed by atoms with Gasteiger partial charge in [-0.1, -0.05) is 115 Å². The Morgan fingerprint density at radius 1 is 0.511 bits per heavy atom. The highest BCUT2D eigenvalue weighted by atomic mass is 16.3. The fourth-order valence-corrected chi connectivity index (χ4v) is 6.27. The van der Waals surface area contributed by atoms with Crippen molar-refractivity contribution in [2.45, 2.75) is 6.42 Å². The summed E-state index contributed by atoms with van der Waals surface area (Å²) in [4.78, 5) is 9.94. The van der Waals surface area contributed by atoms with Crippen molar-refractivity contribution < 1.29 is 5.11 Å². The summed E-state index contributed by atoms with van der Waals surface area (Å²) >= 11 is 0. The van der Waals surface area contributed by atoms with Gasteiger partial charge in [0.2, 0.25) is 0 Å². The predicted molar refractivity (Wildman–Crippen MR) is 192 cm³/mol. The van der Waals surface area contributed by atoms with E-state index in [-0.39, 0.29) is 5.75 Å². The summed E-state index contributed by atoms with van der Waals surface area (Å²) < 4.78 is 2.12. The zero-order valence-electron chi connectivity index (χ0n) is 25.7. The number of hydrogen-bond acceptors (Lipinski definition) is 3. The van der Waals surface area contributed by atoms with Crippen LogP contribution in [0.5, 0.6) is 5.75 Å². The molecular weight excluding hydrogens is 574 g/mol. The highest BCUT2D eigenvalue weighted by Crippen LogP contribution is 2.38. The van der Waals surface area contributed by atoms with E-state index < -0.39 is 0 Å². The minimum atomic E-state index is 0.195. The quantitative estimate of drug-likeness (QED) is 0.197. The molecule has 0 aliphatic carbocycles. The average molecular weight is 606 g/mol. The summed E-state index contributed by atoms with van der Waals surface area (Å²) in [5.41, 5.74) is 12.4. The van der Waals surface area contributed by atoms with Crippen LogP contribution in [0.25, 0.3) is 61.6 Å². The maximum absolute atomic E-state index is 10.8. The van der Waals surface area contributed by atoms with Gasteiger partial charge in [-0.25, -0.2) is 4.98 Å². The van der Waals surface area contributed by atoms with Gasteiger partial charge < -0.3 is 5.11 Å². The molecular formula is C43H31N3O. The van der Waals surface area contributed by atoms with E-state index in [4.69, 9.17) is 9.97 Å². The van der Waals surface area contributed by atoms with Crippen LogP contribution in [0, 0.1) is 0 Å². The fourth-order valence-electron chi connectivity index (χ4n) is 6.27. The molecule has 2 aromatic heterocycles. The number of fused-ring (bicyclic) bond motifs is 1. The van der Waals surface area contributed by atoms with Crippen LogP contribution in [0.2, 0.25) is 0 Å². The second-order valence-electron chi connectivity index (χ2n) is 11.7. The number of phenols is 1. The molecule has 0 aliphatic heterocycles. The van der Waals surface area contributed by atoms with Gasteiger partial charge in [0.15, 0.2) is 0 Å². The van der Waals surface area contributed by atoms with Gasteiger partial charge in [0.1, 0.15) is 11.6 Å². The molecule has 47 heavy (non-hydrogen) atoms. The Kier molecular flexibility index (Phi) is 7.37. The number of para-hydroxylation sites is 3. The van der Waals surface area contributed by atoms with Crippen molar-refractivity contribution in [3.63, 3.8) is 0 Å². The zero-order chi connectivity index (χ0) is 31.6. The van der Waals surface area contributed by atoms with Crippen molar-refractivity contribution >= 4 is 11.0 Å². The molecule has 0 spiro atoms. The van der Waals surface area contributed by atoms with E-state index in [0.29, 0.717) is 11.4 Å². The first-order valence-electron chi connectivity index (χ1n) is 15.8. The Bertz CT molecular complexity index is 2320. The highest BCUT2D eigenvalue weighted by molar-refractivity contribution is 5.96. The highest BCUT2D eigenvalue weighted by Gasteiger charge is 2.19. The Labute approximate surface area is 273 Å². The van der Waals surface area contributed by atoms with E-state index >= 15 is 0 Å². The minimum Gasteiger partial charge on any atom is -0.507 e. The second kappa shape index (κ2) is 12.3. The Hall–Kier alpha value is -6.26. The number of nitrogens with zero attached hydrogens (tertiary/aromatic N) is 3. The van der Waals surface area contributed by atoms with E-state index in [0.717, 1.165) is 56.7 Å². The molecule has 224 valence electrons. The summed E-state index contributed by atoms with van der Waals surface area (Å²) in [5.74, 6) is 0.886. The molecule has 0 bridgehead atoms. The number of phenolic OH excluding ortho intramolecular Hbond substituents is 1. The molecule has 0 amide bonds. The Morgan fingerprint density at radius 2 is 1.19 bits per heavy atom. The minimum absolute atomic E-state index is 0.195. The molecule has 0 unspecified atom stereocenters. The van der Waals surface area contributed by atoms with Gasteiger partial charge in [-0.15, -0.1) is 0 Å². The molecule has 0 aliphatic rings. The van der Waals surface area contributed by atoms with E-state index in [9.17, 15) is 5.11 Å². The molecule has 0 fully saturated rings. The van der Waals surface area contributed by atoms with E-state index in [1.807, 2.05) is 42.6 Å². The maximum Gasteiger partial charge on any atom is 0.149 e. The average Bonchev–Trinajstić information content (AvgIpc) is 3.53. The van der Waals surface area contributed by atoms with Crippen LogP contribution >= 0.6 is 0 Å².